The molecule has 0 radical (unpaired) electrons. The van der Waals surface area contributed by atoms with Crippen molar-refractivity contribution < 1.29 is 0 Å². The largest absolute Gasteiger partial charge is 0.309 e. The number of hydrogen-bond donors (Lipinski definition) is 0. The molecule has 56 heavy (non-hydrogen) atoms. The molecule has 0 atom stereocenters. The molecule has 0 saturated carbocycles. The number of hydrogen-bond acceptors (Lipinski definition) is 4. The maximum absolute atomic E-state index is 5.66. The minimum Gasteiger partial charge on any atom is -0.309 e. The van der Waals surface area contributed by atoms with Gasteiger partial charge in [0.15, 0.2) is 11.6 Å². The second kappa shape index (κ2) is 11.3. The zero-order chi connectivity index (χ0) is 36.5. The van der Waals surface area contributed by atoms with Gasteiger partial charge in [0.05, 0.1) is 37.0 Å². The van der Waals surface area contributed by atoms with Crippen LogP contribution in [-0.4, -0.2) is 19.1 Å². The van der Waals surface area contributed by atoms with Crippen molar-refractivity contribution in [3.05, 3.63) is 170 Å². The predicted molar refractivity (Wildman–Crippen MR) is 239 cm³/mol. The zero-order valence-electron chi connectivity index (χ0n) is 29.8. The van der Waals surface area contributed by atoms with Gasteiger partial charge in [-0.25, -0.2) is 9.97 Å². The summed E-state index contributed by atoms with van der Waals surface area (Å²) in [6.07, 6.45) is 0. The summed E-state index contributed by atoms with van der Waals surface area (Å²) in [4.78, 5) is 11.1. The summed E-state index contributed by atoms with van der Waals surface area (Å²) in [6, 6.07) is 61.3. The van der Waals surface area contributed by atoms with Crippen LogP contribution < -0.4 is 0 Å². The van der Waals surface area contributed by atoms with Crippen molar-refractivity contribution in [3.63, 3.8) is 0 Å². The summed E-state index contributed by atoms with van der Waals surface area (Å²) < 4.78 is 9.67. The summed E-state index contributed by atoms with van der Waals surface area (Å²) in [6.45, 7) is 0. The summed E-state index contributed by atoms with van der Waals surface area (Å²) >= 11 is 3.66. The Hall–Kier alpha value is -6.86. The average molecular weight is 749 g/mol. The maximum atomic E-state index is 5.66. The quantitative estimate of drug-likeness (QED) is 0.180. The van der Waals surface area contributed by atoms with E-state index in [-0.39, 0.29) is 0 Å². The molecular weight excluding hydrogens is 721 g/mol. The van der Waals surface area contributed by atoms with E-state index in [1.165, 1.54) is 68.2 Å². The van der Waals surface area contributed by atoms with Crippen molar-refractivity contribution in [2.75, 3.05) is 0 Å². The van der Waals surface area contributed by atoms with Crippen molar-refractivity contribution in [3.8, 4) is 22.9 Å². The lowest BCUT2D eigenvalue weighted by Gasteiger charge is -2.12. The van der Waals surface area contributed by atoms with E-state index >= 15 is 0 Å². The Morgan fingerprint density at radius 3 is 1.75 bits per heavy atom. The number of para-hydroxylation sites is 3. The third-order valence-electron chi connectivity index (χ3n) is 11.5. The molecule has 0 saturated heterocycles. The Kier molecular flexibility index (Phi) is 6.17. The number of rotatable bonds is 3. The van der Waals surface area contributed by atoms with Gasteiger partial charge < -0.3 is 4.57 Å². The number of nitrogens with zero attached hydrogens (tertiary/aromatic N) is 4. The maximum Gasteiger partial charge on any atom is 0.162 e. The van der Waals surface area contributed by atoms with Gasteiger partial charge >= 0.3 is 0 Å². The van der Waals surface area contributed by atoms with Crippen molar-refractivity contribution in [1.82, 2.24) is 19.1 Å². The molecule has 4 nitrogen and oxygen atoms in total. The van der Waals surface area contributed by atoms with Gasteiger partial charge in [-0.1, -0.05) is 115 Å². The van der Waals surface area contributed by atoms with Gasteiger partial charge in [0.25, 0.3) is 0 Å². The van der Waals surface area contributed by atoms with Crippen molar-refractivity contribution in [2.45, 2.75) is 0 Å². The minimum atomic E-state index is 0.716. The fourth-order valence-electron chi connectivity index (χ4n) is 9.17. The topological polar surface area (TPSA) is 35.6 Å². The van der Waals surface area contributed by atoms with E-state index in [4.69, 9.17) is 9.97 Å². The van der Waals surface area contributed by atoms with E-state index in [2.05, 4.69) is 179 Å². The second-order valence-corrected chi connectivity index (χ2v) is 16.6. The van der Waals surface area contributed by atoms with Gasteiger partial charge in [-0.15, -0.1) is 22.7 Å². The van der Waals surface area contributed by atoms with E-state index < -0.39 is 0 Å². The standard InChI is InChI=1S/C50H28N4S2/c1-2-14-30(15-3-1)53-38-22-10-6-16-31(38)37-28-29(26-27-40(37)53)49-51-45-36-21-9-13-25-42(36)56-48(45)50(52-49)54-39-23-11-7-19-34(39)43-32-17-4-5-18-33(32)44-35-20-8-12-24-41(35)55-47(44)46(43)54/h1-28H. The lowest BCUT2D eigenvalue weighted by atomic mass is 9.99. The molecule has 13 aromatic rings. The number of benzene rings is 8. The van der Waals surface area contributed by atoms with Crippen LogP contribution in [0.5, 0.6) is 0 Å². The lowest BCUT2D eigenvalue weighted by molar-refractivity contribution is 1.09. The molecule has 0 N–H and O–H groups in total. The highest BCUT2D eigenvalue weighted by Crippen LogP contribution is 2.49. The Morgan fingerprint density at radius 1 is 0.393 bits per heavy atom. The number of thiophene rings is 2. The molecule has 0 aliphatic carbocycles. The van der Waals surface area contributed by atoms with Crippen LogP contribution in [-0.2, 0) is 0 Å². The molecule has 0 spiro atoms. The fraction of sp³-hybridized carbons (Fsp3) is 0. The van der Waals surface area contributed by atoms with Gasteiger partial charge in [-0.2, -0.15) is 0 Å². The zero-order valence-corrected chi connectivity index (χ0v) is 31.4. The van der Waals surface area contributed by atoms with Crippen LogP contribution >= 0.6 is 22.7 Å². The van der Waals surface area contributed by atoms with Gasteiger partial charge in [0.2, 0.25) is 0 Å². The van der Waals surface area contributed by atoms with E-state index in [1.54, 1.807) is 11.3 Å². The minimum absolute atomic E-state index is 0.716. The van der Waals surface area contributed by atoms with Crippen LogP contribution in [0.25, 0.3) is 118 Å². The third-order valence-corrected chi connectivity index (χ3v) is 13.8. The van der Waals surface area contributed by atoms with E-state index in [9.17, 15) is 0 Å². The predicted octanol–water partition coefficient (Wildman–Crippen LogP) is 14.2. The normalized spacial score (nSPS) is 12.3. The van der Waals surface area contributed by atoms with E-state index in [1.807, 2.05) is 11.3 Å². The second-order valence-electron chi connectivity index (χ2n) is 14.5. The van der Waals surface area contributed by atoms with Crippen LogP contribution in [0.15, 0.2) is 170 Å². The first-order chi connectivity index (χ1) is 27.8. The molecule has 6 heteroatoms. The van der Waals surface area contributed by atoms with Crippen molar-refractivity contribution in [1.29, 1.82) is 0 Å². The summed E-state index contributed by atoms with van der Waals surface area (Å²) in [5.74, 6) is 1.63. The molecule has 13 rings (SSSR count). The Labute approximate surface area is 327 Å². The average Bonchev–Trinajstić information content (AvgIpc) is 4.02. The Balaban J connectivity index is 1.18. The van der Waals surface area contributed by atoms with Crippen molar-refractivity contribution >= 4 is 118 Å². The first-order valence-electron chi connectivity index (χ1n) is 18.8. The number of fused-ring (bicyclic) bond motifs is 16. The number of aromatic nitrogens is 4. The van der Waals surface area contributed by atoms with E-state index in [0.717, 1.165) is 43.7 Å². The van der Waals surface area contributed by atoms with Gasteiger partial charge in [0, 0.05) is 58.4 Å². The van der Waals surface area contributed by atoms with E-state index in [0.29, 0.717) is 5.82 Å². The first kappa shape index (κ1) is 30.5. The van der Waals surface area contributed by atoms with Crippen LogP contribution in [0.2, 0.25) is 0 Å². The molecule has 8 aromatic carbocycles. The van der Waals surface area contributed by atoms with Crippen LogP contribution in [0.3, 0.4) is 0 Å². The Bertz CT molecular complexity index is 3770. The Morgan fingerprint density at radius 2 is 0.964 bits per heavy atom. The molecule has 5 aromatic heterocycles. The van der Waals surface area contributed by atoms with Crippen LogP contribution in [0.1, 0.15) is 0 Å². The molecule has 0 amide bonds. The third kappa shape index (κ3) is 4.06. The van der Waals surface area contributed by atoms with Gasteiger partial charge in [0.1, 0.15) is 0 Å². The molecule has 260 valence electrons. The summed E-state index contributed by atoms with van der Waals surface area (Å²) in [7, 11) is 0. The smallest absolute Gasteiger partial charge is 0.162 e. The molecule has 0 fully saturated rings. The molecule has 0 bridgehead atoms. The molecule has 0 unspecified atom stereocenters. The van der Waals surface area contributed by atoms with Crippen LogP contribution in [0, 0.1) is 0 Å². The highest BCUT2D eigenvalue weighted by Gasteiger charge is 2.25. The van der Waals surface area contributed by atoms with Crippen molar-refractivity contribution in [2.24, 2.45) is 0 Å². The monoisotopic (exact) mass is 748 g/mol. The highest BCUT2D eigenvalue weighted by molar-refractivity contribution is 7.27. The molecular formula is C50H28N4S2. The van der Waals surface area contributed by atoms with Gasteiger partial charge in [-0.3, -0.25) is 4.57 Å². The SMILES string of the molecule is c1ccc(-n2c3ccccc3c3cc(-c4nc(-n5c6ccccc6c6c7ccccc7c7c8ccccc8sc7c65)c5sc6ccccc6c5n4)ccc32)cc1. The first-order valence-corrected chi connectivity index (χ1v) is 20.5. The summed E-state index contributed by atoms with van der Waals surface area (Å²) in [5.41, 5.74) is 7.79. The highest BCUT2D eigenvalue weighted by atomic mass is 32.1. The molecule has 5 heterocycles. The van der Waals surface area contributed by atoms with Gasteiger partial charge in [-0.05, 0) is 65.4 Å². The summed E-state index contributed by atoms with van der Waals surface area (Å²) in [5, 5.41) is 11.2. The fourth-order valence-corrected chi connectivity index (χ4v) is 11.6. The lowest BCUT2D eigenvalue weighted by Crippen LogP contribution is -2.01. The van der Waals surface area contributed by atoms with Crippen LogP contribution in [0.4, 0.5) is 0 Å². The molecule has 0 aliphatic heterocycles. The molecule has 0 aliphatic rings.